The maximum atomic E-state index is 14.1. The molecule has 3 aromatic carbocycles. The standard InChI is InChI=1S/C30H22ClN5O8S/c1-2-44-30(39)24-23(17-6-4-8-21(15-17)36(42)43)25(27(37)33-19-11-9-18(31)10-12-19)29-34(26(24)32)28(38)22(45-29)14-16-5-3-7-20(13-16)35(40)41/h3-15,23H,2,32H2,1H3,(H,33,37)/b22-14-. The molecule has 15 heteroatoms. The Morgan fingerprint density at radius 2 is 1.67 bits per heavy atom. The van der Waals surface area contributed by atoms with Crippen LogP contribution in [0.25, 0.3) is 17.5 Å². The summed E-state index contributed by atoms with van der Waals surface area (Å²) in [5, 5.41) is 26.2. The van der Waals surface area contributed by atoms with Crippen LogP contribution in [0.15, 0.2) is 83.2 Å². The minimum atomic E-state index is -1.29. The monoisotopic (exact) mass is 647 g/mol. The van der Waals surface area contributed by atoms with E-state index in [4.69, 9.17) is 22.1 Å². The Hall–Kier alpha value is -5.60. The van der Waals surface area contributed by atoms with Gasteiger partial charge in [0.15, 0.2) is 0 Å². The summed E-state index contributed by atoms with van der Waals surface area (Å²) in [6.45, 7) is 1.49. The fourth-order valence-electron chi connectivity index (χ4n) is 4.84. The molecular weight excluding hydrogens is 626 g/mol. The third kappa shape index (κ3) is 6.09. The summed E-state index contributed by atoms with van der Waals surface area (Å²) in [5.74, 6) is -3.29. The number of esters is 1. The minimum Gasteiger partial charge on any atom is -0.463 e. The van der Waals surface area contributed by atoms with Crippen LogP contribution in [0.2, 0.25) is 5.02 Å². The van der Waals surface area contributed by atoms with Crippen molar-refractivity contribution in [2.45, 2.75) is 12.8 Å². The number of amides is 1. The van der Waals surface area contributed by atoms with Crippen molar-refractivity contribution in [2.24, 2.45) is 5.73 Å². The first-order valence-electron chi connectivity index (χ1n) is 13.2. The Morgan fingerprint density at radius 1 is 1.02 bits per heavy atom. The maximum Gasteiger partial charge on any atom is 0.338 e. The normalized spacial score (nSPS) is 14.6. The zero-order chi connectivity index (χ0) is 32.4. The van der Waals surface area contributed by atoms with Crippen LogP contribution in [-0.4, -0.2) is 32.9 Å². The van der Waals surface area contributed by atoms with Gasteiger partial charge in [0.1, 0.15) is 10.5 Å². The predicted molar refractivity (Wildman–Crippen MR) is 168 cm³/mol. The van der Waals surface area contributed by atoms with Crippen molar-refractivity contribution in [1.82, 2.24) is 4.57 Å². The lowest BCUT2D eigenvalue weighted by Crippen LogP contribution is -2.42. The van der Waals surface area contributed by atoms with Crippen LogP contribution in [-0.2, 0) is 14.3 Å². The lowest BCUT2D eigenvalue weighted by molar-refractivity contribution is -0.385. The molecule has 1 aliphatic rings. The number of hydrogen-bond acceptors (Lipinski definition) is 10. The number of fused-ring (bicyclic) bond motifs is 1. The first-order valence-corrected chi connectivity index (χ1v) is 14.4. The van der Waals surface area contributed by atoms with Crippen LogP contribution in [0.1, 0.15) is 24.0 Å². The fourth-order valence-corrected chi connectivity index (χ4v) is 6.14. The second-order valence-electron chi connectivity index (χ2n) is 9.59. The third-order valence-corrected chi connectivity index (χ3v) is 8.14. The Bertz CT molecular complexity index is 2100. The number of carbonyl (C=O) groups excluding carboxylic acids is 2. The summed E-state index contributed by atoms with van der Waals surface area (Å²) in [7, 11) is 0. The average molecular weight is 648 g/mol. The number of nitrogens with one attached hydrogen (secondary N) is 1. The SMILES string of the molecule is CCOC(=O)C1=C(N)n2c(s/c(=C\c3cccc([N+](=O)[O-])c3)c2=O)=C(C(=O)Nc2ccc(Cl)cc2)C1c1cccc([N+](=O)[O-])c1. The molecular formula is C30H22ClN5O8S. The van der Waals surface area contributed by atoms with E-state index in [2.05, 4.69) is 5.32 Å². The van der Waals surface area contributed by atoms with E-state index in [-0.39, 0.29) is 49.7 Å². The molecule has 0 spiro atoms. The molecule has 13 nitrogen and oxygen atoms in total. The maximum absolute atomic E-state index is 14.1. The van der Waals surface area contributed by atoms with Gasteiger partial charge in [0, 0.05) is 35.0 Å². The van der Waals surface area contributed by atoms with E-state index in [1.165, 1.54) is 48.5 Å². The molecule has 0 saturated carbocycles. The Kier molecular flexibility index (Phi) is 8.61. The molecule has 5 rings (SSSR count). The fraction of sp³-hybridized carbons (Fsp3) is 0.100. The number of aromatic nitrogens is 1. The molecule has 0 fully saturated rings. The number of nitro groups is 2. The van der Waals surface area contributed by atoms with Crippen molar-refractivity contribution in [3.05, 3.63) is 134 Å². The van der Waals surface area contributed by atoms with Gasteiger partial charge in [-0.1, -0.05) is 35.9 Å². The summed E-state index contributed by atoms with van der Waals surface area (Å²) in [6, 6.07) is 17.1. The highest BCUT2D eigenvalue weighted by Crippen LogP contribution is 2.39. The largest absolute Gasteiger partial charge is 0.463 e. The molecule has 4 aromatic rings. The van der Waals surface area contributed by atoms with E-state index in [0.717, 1.165) is 15.9 Å². The lowest BCUT2D eigenvalue weighted by atomic mass is 9.82. The quantitative estimate of drug-likeness (QED) is 0.164. The van der Waals surface area contributed by atoms with Gasteiger partial charge in [0.25, 0.3) is 22.8 Å². The van der Waals surface area contributed by atoms with Gasteiger partial charge in [-0.15, -0.1) is 11.3 Å². The molecule has 0 bridgehead atoms. The first kappa shape index (κ1) is 30.8. The van der Waals surface area contributed by atoms with Crippen molar-refractivity contribution in [3.8, 4) is 0 Å². The second-order valence-corrected chi connectivity index (χ2v) is 11.1. The average Bonchev–Trinajstić information content (AvgIpc) is 3.33. The number of halogens is 1. The van der Waals surface area contributed by atoms with Gasteiger partial charge in [-0.25, -0.2) is 4.79 Å². The van der Waals surface area contributed by atoms with E-state index < -0.39 is 33.2 Å². The van der Waals surface area contributed by atoms with E-state index in [9.17, 15) is 34.6 Å². The van der Waals surface area contributed by atoms with Crippen LogP contribution < -0.4 is 25.8 Å². The molecule has 0 aliphatic carbocycles. The smallest absolute Gasteiger partial charge is 0.338 e. The topological polar surface area (TPSA) is 190 Å². The number of ether oxygens (including phenoxy) is 1. The molecule has 3 N–H and O–H groups in total. The Morgan fingerprint density at radius 3 is 2.31 bits per heavy atom. The van der Waals surface area contributed by atoms with Gasteiger partial charge in [0.05, 0.1) is 38.0 Å². The van der Waals surface area contributed by atoms with Crippen molar-refractivity contribution in [1.29, 1.82) is 0 Å². The molecule has 228 valence electrons. The molecule has 1 unspecified atom stereocenters. The number of benzene rings is 3. The summed E-state index contributed by atoms with van der Waals surface area (Å²) >= 11 is 6.87. The minimum absolute atomic E-state index is 0.0465. The third-order valence-electron chi connectivity index (χ3n) is 6.78. The van der Waals surface area contributed by atoms with Crippen LogP contribution in [0.3, 0.4) is 0 Å². The van der Waals surface area contributed by atoms with Gasteiger partial charge in [-0.3, -0.25) is 34.4 Å². The Balaban J connectivity index is 1.85. The van der Waals surface area contributed by atoms with Crippen LogP contribution >= 0.6 is 22.9 Å². The summed E-state index contributed by atoms with van der Waals surface area (Å²) in [4.78, 5) is 63.2. The molecule has 0 radical (unpaired) electrons. The molecule has 1 aliphatic heterocycles. The number of non-ortho nitro benzene ring substituents is 2. The molecule has 1 atom stereocenters. The predicted octanol–water partition coefficient (Wildman–Crippen LogP) is 3.49. The number of carbonyl (C=O) groups is 2. The number of nitrogens with zero attached hydrogens (tertiary/aromatic N) is 3. The van der Waals surface area contributed by atoms with Gasteiger partial charge in [-0.05, 0) is 48.4 Å². The lowest BCUT2D eigenvalue weighted by Gasteiger charge is -2.27. The van der Waals surface area contributed by atoms with E-state index in [1.54, 1.807) is 37.3 Å². The van der Waals surface area contributed by atoms with Gasteiger partial charge in [0.2, 0.25) is 0 Å². The Labute approximate surface area is 262 Å². The van der Waals surface area contributed by atoms with Crippen molar-refractivity contribution < 1.29 is 24.2 Å². The van der Waals surface area contributed by atoms with Gasteiger partial charge < -0.3 is 15.8 Å². The first-order chi connectivity index (χ1) is 21.5. The van der Waals surface area contributed by atoms with Crippen molar-refractivity contribution in [2.75, 3.05) is 11.9 Å². The molecule has 0 saturated heterocycles. The molecule has 2 heterocycles. The number of hydrogen-bond donors (Lipinski definition) is 2. The zero-order valence-electron chi connectivity index (χ0n) is 23.3. The summed E-state index contributed by atoms with van der Waals surface area (Å²) in [5.41, 5.74) is 5.76. The number of nitro benzene ring substituents is 2. The number of thiazole rings is 1. The highest BCUT2D eigenvalue weighted by molar-refractivity contribution is 7.07. The van der Waals surface area contributed by atoms with Crippen molar-refractivity contribution in [3.63, 3.8) is 0 Å². The van der Waals surface area contributed by atoms with Crippen LogP contribution in [0.5, 0.6) is 0 Å². The summed E-state index contributed by atoms with van der Waals surface area (Å²) in [6.07, 6.45) is 1.40. The molecule has 1 aromatic heterocycles. The molecule has 1 amide bonds. The van der Waals surface area contributed by atoms with E-state index in [0.29, 0.717) is 16.3 Å². The summed E-state index contributed by atoms with van der Waals surface area (Å²) < 4.78 is 6.38. The zero-order valence-corrected chi connectivity index (χ0v) is 24.8. The number of rotatable bonds is 8. The van der Waals surface area contributed by atoms with E-state index >= 15 is 0 Å². The second kappa shape index (κ2) is 12.6. The van der Waals surface area contributed by atoms with Crippen LogP contribution in [0, 0.1) is 20.2 Å². The van der Waals surface area contributed by atoms with E-state index in [1.807, 2.05) is 0 Å². The molecule has 45 heavy (non-hydrogen) atoms. The number of nitrogens with two attached hydrogens (primary N) is 1. The van der Waals surface area contributed by atoms with Gasteiger partial charge >= 0.3 is 5.97 Å². The number of anilines is 1. The van der Waals surface area contributed by atoms with Crippen molar-refractivity contribution >= 4 is 69.3 Å². The highest BCUT2D eigenvalue weighted by Gasteiger charge is 2.39. The van der Waals surface area contributed by atoms with Crippen LogP contribution in [0.4, 0.5) is 17.1 Å². The van der Waals surface area contributed by atoms with Gasteiger partial charge in [-0.2, -0.15) is 0 Å². The highest BCUT2D eigenvalue weighted by atomic mass is 35.5.